The van der Waals surface area contributed by atoms with E-state index >= 15 is 0 Å². The molecule has 190 valence electrons. The molecule has 0 saturated carbocycles. The number of amides is 3. The standard InChI is InChI=1S/C29H30N4O4/c1-29-19-25(24-11-3-4-12-26(24)37-29)30-28(35)33(29)22-9-5-7-20(17-22)27(34)32-15-13-31(14-16-32)21-8-6-10-23(18-21)36-2/h3-12,17-18,25H,13-16,19H2,1-2H3,(H,30,35). The zero-order valence-corrected chi connectivity index (χ0v) is 21.0. The van der Waals surface area contributed by atoms with Crippen molar-refractivity contribution in [1.29, 1.82) is 0 Å². The van der Waals surface area contributed by atoms with E-state index < -0.39 is 5.72 Å². The molecule has 3 aliphatic rings. The molecule has 2 saturated heterocycles. The summed E-state index contributed by atoms with van der Waals surface area (Å²) in [7, 11) is 1.66. The average molecular weight is 499 g/mol. The number of rotatable bonds is 4. The number of benzene rings is 3. The van der Waals surface area contributed by atoms with Gasteiger partial charge in [0, 0.05) is 55.5 Å². The third-order valence-corrected chi connectivity index (χ3v) is 7.52. The average Bonchev–Trinajstić information content (AvgIpc) is 2.92. The fourth-order valence-electron chi connectivity index (χ4n) is 5.65. The number of anilines is 2. The Kier molecular flexibility index (Phi) is 5.67. The molecular weight excluding hydrogens is 468 g/mol. The molecule has 8 heteroatoms. The molecule has 2 fully saturated rings. The molecule has 3 aliphatic heterocycles. The molecule has 1 N–H and O–H groups in total. The van der Waals surface area contributed by atoms with Crippen molar-refractivity contribution >= 4 is 23.3 Å². The van der Waals surface area contributed by atoms with Crippen molar-refractivity contribution in [1.82, 2.24) is 10.2 Å². The Balaban J connectivity index is 1.19. The van der Waals surface area contributed by atoms with Crippen LogP contribution in [0.1, 0.15) is 35.3 Å². The van der Waals surface area contributed by atoms with Gasteiger partial charge in [0.2, 0.25) is 0 Å². The number of carbonyl (C=O) groups is 2. The summed E-state index contributed by atoms with van der Waals surface area (Å²) in [5.74, 6) is 1.55. The maximum absolute atomic E-state index is 13.5. The second-order valence-electron chi connectivity index (χ2n) is 9.89. The Morgan fingerprint density at radius 1 is 0.973 bits per heavy atom. The Bertz CT molecular complexity index is 1350. The van der Waals surface area contributed by atoms with Crippen LogP contribution in [0.5, 0.6) is 11.5 Å². The zero-order valence-electron chi connectivity index (χ0n) is 21.0. The van der Waals surface area contributed by atoms with E-state index in [2.05, 4.69) is 16.3 Å². The van der Waals surface area contributed by atoms with Gasteiger partial charge >= 0.3 is 6.03 Å². The van der Waals surface area contributed by atoms with Crippen LogP contribution in [0.15, 0.2) is 72.8 Å². The number of fused-ring (bicyclic) bond motifs is 4. The first kappa shape index (κ1) is 23.2. The number of nitrogens with one attached hydrogen (secondary N) is 1. The van der Waals surface area contributed by atoms with Gasteiger partial charge in [0.25, 0.3) is 5.91 Å². The summed E-state index contributed by atoms with van der Waals surface area (Å²) in [5, 5.41) is 3.12. The predicted octanol–water partition coefficient (Wildman–Crippen LogP) is 4.43. The minimum Gasteiger partial charge on any atom is -0.497 e. The predicted molar refractivity (Wildman–Crippen MR) is 141 cm³/mol. The third-order valence-electron chi connectivity index (χ3n) is 7.52. The number of nitrogens with zero attached hydrogens (tertiary/aromatic N) is 3. The van der Waals surface area contributed by atoms with Gasteiger partial charge in [-0.2, -0.15) is 0 Å². The SMILES string of the molecule is COc1cccc(N2CCN(C(=O)c3cccc(N4C(=O)NC5CC4(C)Oc4ccccc45)c3)CC2)c1. The Morgan fingerprint density at radius 2 is 1.73 bits per heavy atom. The van der Waals surface area contributed by atoms with E-state index in [1.54, 1.807) is 18.1 Å². The zero-order chi connectivity index (χ0) is 25.6. The van der Waals surface area contributed by atoms with E-state index in [4.69, 9.17) is 9.47 Å². The van der Waals surface area contributed by atoms with E-state index in [1.165, 1.54) is 0 Å². The van der Waals surface area contributed by atoms with Crippen LogP contribution in [0.2, 0.25) is 0 Å². The highest BCUT2D eigenvalue weighted by Gasteiger charge is 2.49. The van der Waals surface area contributed by atoms with Crippen LogP contribution < -0.4 is 24.6 Å². The van der Waals surface area contributed by atoms with Gasteiger partial charge in [-0.25, -0.2) is 4.79 Å². The summed E-state index contributed by atoms with van der Waals surface area (Å²) in [4.78, 5) is 32.5. The van der Waals surface area contributed by atoms with Crippen molar-refractivity contribution in [2.24, 2.45) is 0 Å². The minimum absolute atomic E-state index is 0.0394. The number of methoxy groups -OCH3 is 1. The largest absolute Gasteiger partial charge is 0.497 e. The van der Waals surface area contributed by atoms with Crippen molar-refractivity contribution in [2.75, 3.05) is 43.1 Å². The molecule has 0 aliphatic carbocycles. The molecule has 3 heterocycles. The Labute approximate surface area is 216 Å². The molecule has 2 unspecified atom stereocenters. The number of carbonyl (C=O) groups excluding carboxylic acids is 2. The molecule has 3 aromatic rings. The molecule has 0 aromatic heterocycles. The van der Waals surface area contributed by atoms with Crippen molar-refractivity contribution in [3.05, 3.63) is 83.9 Å². The monoisotopic (exact) mass is 498 g/mol. The summed E-state index contributed by atoms with van der Waals surface area (Å²) in [6, 6.07) is 22.7. The second kappa shape index (κ2) is 9.03. The quantitative estimate of drug-likeness (QED) is 0.576. The van der Waals surface area contributed by atoms with E-state index in [0.717, 1.165) is 35.8 Å². The highest BCUT2D eigenvalue weighted by atomic mass is 16.5. The number of urea groups is 1. The summed E-state index contributed by atoms with van der Waals surface area (Å²) in [5.41, 5.74) is 2.42. The molecule has 3 amide bonds. The number of hydrogen-bond acceptors (Lipinski definition) is 5. The lowest BCUT2D eigenvalue weighted by Crippen LogP contribution is -2.65. The molecule has 2 bridgehead atoms. The number of hydrogen-bond donors (Lipinski definition) is 1. The van der Waals surface area contributed by atoms with Crippen LogP contribution in [0.4, 0.5) is 16.2 Å². The fraction of sp³-hybridized carbons (Fsp3) is 0.310. The highest BCUT2D eigenvalue weighted by molar-refractivity contribution is 5.99. The van der Waals surface area contributed by atoms with E-state index in [9.17, 15) is 9.59 Å². The van der Waals surface area contributed by atoms with Crippen LogP contribution in [0, 0.1) is 0 Å². The summed E-state index contributed by atoms with van der Waals surface area (Å²) in [6.07, 6.45) is 0.611. The maximum atomic E-state index is 13.5. The van der Waals surface area contributed by atoms with Gasteiger partial charge in [-0.05, 0) is 43.3 Å². The van der Waals surface area contributed by atoms with Crippen molar-refractivity contribution in [3.63, 3.8) is 0 Å². The van der Waals surface area contributed by atoms with Crippen molar-refractivity contribution < 1.29 is 19.1 Å². The lowest BCUT2D eigenvalue weighted by atomic mass is 9.90. The summed E-state index contributed by atoms with van der Waals surface area (Å²) < 4.78 is 11.7. The van der Waals surface area contributed by atoms with Gasteiger partial charge in [-0.1, -0.05) is 30.3 Å². The fourth-order valence-corrected chi connectivity index (χ4v) is 5.65. The minimum atomic E-state index is -0.856. The first-order valence-corrected chi connectivity index (χ1v) is 12.6. The van der Waals surface area contributed by atoms with Crippen LogP contribution in [-0.2, 0) is 0 Å². The Hall–Kier alpha value is -4.20. The highest BCUT2D eigenvalue weighted by Crippen LogP contribution is 2.45. The van der Waals surface area contributed by atoms with Gasteiger partial charge in [-0.3, -0.25) is 9.69 Å². The first-order valence-electron chi connectivity index (χ1n) is 12.6. The summed E-state index contributed by atoms with van der Waals surface area (Å²) >= 11 is 0. The Morgan fingerprint density at radius 3 is 2.54 bits per heavy atom. The number of para-hydroxylation sites is 1. The molecule has 0 spiro atoms. The molecule has 2 atom stereocenters. The molecule has 3 aromatic carbocycles. The third kappa shape index (κ3) is 4.12. The molecule has 37 heavy (non-hydrogen) atoms. The molecule has 8 nitrogen and oxygen atoms in total. The van der Waals surface area contributed by atoms with E-state index in [-0.39, 0.29) is 18.0 Å². The first-order chi connectivity index (χ1) is 17.9. The second-order valence-corrected chi connectivity index (χ2v) is 9.89. The van der Waals surface area contributed by atoms with Gasteiger partial charge in [-0.15, -0.1) is 0 Å². The van der Waals surface area contributed by atoms with Crippen molar-refractivity contribution in [3.8, 4) is 11.5 Å². The van der Waals surface area contributed by atoms with Crippen molar-refractivity contribution in [2.45, 2.75) is 25.1 Å². The number of piperazine rings is 1. The van der Waals surface area contributed by atoms with Gasteiger partial charge in [0.05, 0.1) is 18.8 Å². The van der Waals surface area contributed by atoms with Crippen LogP contribution in [-0.4, -0.2) is 55.9 Å². The smallest absolute Gasteiger partial charge is 0.325 e. The van der Waals surface area contributed by atoms with Crippen LogP contribution in [0.25, 0.3) is 0 Å². The van der Waals surface area contributed by atoms with Crippen LogP contribution >= 0.6 is 0 Å². The van der Waals surface area contributed by atoms with E-state index in [0.29, 0.717) is 30.8 Å². The lowest BCUT2D eigenvalue weighted by Gasteiger charge is -2.50. The molecule has 6 rings (SSSR count). The van der Waals surface area contributed by atoms with Gasteiger partial charge in [0.15, 0.2) is 5.72 Å². The molecule has 0 radical (unpaired) electrons. The van der Waals surface area contributed by atoms with Gasteiger partial charge < -0.3 is 24.6 Å². The number of ether oxygens (including phenoxy) is 2. The lowest BCUT2D eigenvalue weighted by molar-refractivity contribution is 0.0378. The molecular formula is C29H30N4O4. The topological polar surface area (TPSA) is 74.4 Å². The maximum Gasteiger partial charge on any atom is 0.325 e. The van der Waals surface area contributed by atoms with Gasteiger partial charge in [0.1, 0.15) is 11.5 Å². The normalized spacial score (nSPS) is 22.6. The van der Waals surface area contributed by atoms with E-state index in [1.807, 2.05) is 72.5 Å². The summed E-state index contributed by atoms with van der Waals surface area (Å²) in [6.45, 7) is 4.63. The van der Waals surface area contributed by atoms with Crippen LogP contribution in [0.3, 0.4) is 0 Å².